The zero-order valence-electron chi connectivity index (χ0n) is 17.3. The molecule has 0 bridgehead atoms. The van der Waals surface area contributed by atoms with Gasteiger partial charge in [0.1, 0.15) is 17.2 Å². The van der Waals surface area contributed by atoms with Gasteiger partial charge in [-0.1, -0.05) is 18.2 Å². The van der Waals surface area contributed by atoms with Gasteiger partial charge in [0.15, 0.2) is 17.3 Å². The lowest BCUT2D eigenvalue weighted by Gasteiger charge is -2.26. The minimum Gasteiger partial charge on any atom is -0.349 e. The van der Waals surface area contributed by atoms with Crippen molar-refractivity contribution in [1.82, 2.24) is 19.6 Å². The van der Waals surface area contributed by atoms with Crippen LogP contribution in [0.4, 0.5) is 20.3 Å². The summed E-state index contributed by atoms with van der Waals surface area (Å²) in [6, 6.07) is 9.29. The Morgan fingerprint density at radius 1 is 1.19 bits per heavy atom. The molecule has 1 fully saturated rings. The molecule has 0 saturated carbocycles. The predicted octanol–water partition coefficient (Wildman–Crippen LogP) is 4.30. The monoisotopic (exact) mass is 434 g/mol. The molecule has 0 radical (unpaired) electrons. The van der Waals surface area contributed by atoms with E-state index < -0.39 is 11.6 Å². The van der Waals surface area contributed by atoms with Crippen LogP contribution in [-0.4, -0.2) is 32.0 Å². The number of anilines is 2. The molecule has 1 saturated heterocycles. The predicted molar refractivity (Wildman–Crippen MR) is 116 cm³/mol. The van der Waals surface area contributed by atoms with Gasteiger partial charge < -0.3 is 10.2 Å². The van der Waals surface area contributed by atoms with Gasteiger partial charge in [0, 0.05) is 24.5 Å². The molecule has 1 unspecified atom stereocenters. The molecule has 3 aromatic heterocycles. The number of nitrogens with zero attached hydrogens (tertiary/aromatic N) is 5. The van der Waals surface area contributed by atoms with Gasteiger partial charge in [0.05, 0.1) is 12.2 Å². The minimum atomic E-state index is -0.858. The van der Waals surface area contributed by atoms with E-state index in [1.165, 1.54) is 12.3 Å². The molecule has 0 aliphatic carbocycles. The first kappa shape index (κ1) is 20.0. The van der Waals surface area contributed by atoms with Gasteiger partial charge >= 0.3 is 0 Å². The third-order valence-corrected chi connectivity index (χ3v) is 5.71. The second kappa shape index (κ2) is 7.99. The minimum absolute atomic E-state index is 0.317. The molecule has 9 heteroatoms. The number of pyridine rings is 1. The Hall–Kier alpha value is -3.88. The van der Waals surface area contributed by atoms with Gasteiger partial charge in [-0.3, -0.25) is 9.78 Å². The summed E-state index contributed by atoms with van der Waals surface area (Å²) in [7, 11) is 0. The first-order valence-electron chi connectivity index (χ1n) is 10.3. The van der Waals surface area contributed by atoms with Gasteiger partial charge in [-0.2, -0.15) is 5.10 Å². The number of carbonyl (C=O) groups is 1. The van der Waals surface area contributed by atoms with Crippen molar-refractivity contribution in [2.24, 2.45) is 0 Å². The number of aromatic nitrogens is 4. The normalized spacial score (nSPS) is 16.0. The molecule has 1 aliphatic rings. The fourth-order valence-electron chi connectivity index (χ4n) is 4.15. The maximum atomic E-state index is 14.5. The Balaban J connectivity index is 1.48. The molecular formula is C23H20F2N6O. The van der Waals surface area contributed by atoms with Crippen molar-refractivity contribution >= 4 is 23.1 Å². The Bertz CT molecular complexity index is 1320. The number of amides is 1. The summed E-state index contributed by atoms with van der Waals surface area (Å²) in [5.41, 5.74) is 2.29. The molecule has 1 aromatic carbocycles. The van der Waals surface area contributed by atoms with Crippen LogP contribution in [0.3, 0.4) is 0 Å². The van der Waals surface area contributed by atoms with E-state index >= 15 is 0 Å². The van der Waals surface area contributed by atoms with Crippen LogP contribution in [0.15, 0.2) is 55.0 Å². The Kier molecular flexibility index (Phi) is 5.01. The number of nitrogens with one attached hydrogen (secondary N) is 1. The number of aryl methyl sites for hydroxylation is 1. The summed E-state index contributed by atoms with van der Waals surface area (Å²) in [4.78, 5) is 23.5. The van der Waals surface area contributed by atoms with E-state index in [9.17, 15) is 13.6 Å². The first-order valence-corrected chi connectivity index (χ1v) is 10.3. The molecular weight excluding hydrogens is 414 g/mol. The van der Waals surface area contributed by atoms with Crippen molar-refractivity contribution < 1.29 is 13.6 Å². The number of halogens is 2. The van der Waals surface area contributed by atoms with Gasteiger partial charge in [0.2, 0.25) is 0 Å². The molecule has 1 N–H and O–H groups in total. The SMILES string of the molecule is Cc1cccnc1C(=O)Nc1cnn2ccc(N3CCCC3c3cccc(F)c3F)nc12. The molecule has 4 heterocycles. The average molecular weight is 434 g/mol. The molecule has 32 heavy (non-hydrogen) atoms. The first-order chi connectivity index (χ1) is 15.5. The van der Waals surface area contributed by atoms with Crippen LogP contribution in [0.5, 0.6) is 0 Å². The summed E-state index contributed by atoms with van der Waals surface area (Å²) < 4.78 is 29.8. The number of rotatable bonds is 4. The maximum Gasteiger partial charge on any atom is 0.274 e. The lowest BCUT2D eigenvalue weighted by molar-refractivity contribution is 0.102. The van der Waals surface area contributed by atoms with Gasteiger partial charge in [0.25, 0.3) is 5.91 Å². The molecule has 0 spiro atoms. The van der Waals surface area contributed by atoms with Crippen LogP contribution in [-0.2, 0) is 0 Å². The number of benzene rings is 1. The maximum absolute atomic E-state index is 14.5. The highest BCUT2D eigenvalue weighted by molar-refractivity contribution is 6.05. The molecule has 7 nitrogen and oxygen atoms in total. The quantitative estimate of drug-likeness (QED) is 0.518. The van der Waals surface area contributed by atoms with E-state index in [0.717, 1.165) is 18.1 Å². The summed E-state index contributed by atoms with van der Waals surface area (Å²) in [5.74, 6) is -1.43. The Morgan fingerprint density at radius 3 is 2.91 bits per heavy atom. The summed E-state index contributed by atoms with van der Waals surface area (Å²) >= 11 is 0. The lowest BCUT2D eigenvalue weighted by Crippen LogP contribution is -2.25. The highest BCUT2D eigenvalue weighted by Crippen LogP contribution is 2.37. The van der Waals surface area contributed by atoms with E-state index in [-0.39, 0.29) is 11.9 Å². The standard InChI is InChI=1S/C23H20F2N6O/c1-14-5-3-10-26-21(14)23(32)28-17-13-27-31-12-9-19(29-22(17)31)30-11-4-8-18(30)15-6-2-7-16(24)20(15)25/h2-3,5-7,9-10,12-13,18H,4,8,11H2,1H3,(H,28,32). The largest absolute Gasteiger partial charge is 0.349 e. The van der Waals surface area contributed by atoms with E-state index in [1.807, 2.05) is 17.9 Å². The van der Waals surface area contributed by atoms with Crippen LogP contribution in [0.1, 0.15) is 40.5 Å². The van der Waals surface area contributed by atoms with Crippen LogP contribution < -0.4 is 10.2 Å². The third-order valence-electron chi connectivity index (χ3n) is 5.71. The van der Waals surface area contributed by atoms with Crippen LogP contribution in [0.25, 0.3) is 5.65 Å². The highest BCUT2D eigenvalue weighted by atomic mass is 19.2. The van der Waals surface area contributed by atoms with Crippen LogP contribution in [0, 0.1) is 18.6 Å². The Labute approximate surface area is 182 Å². The van der Waals surface area contributed by atoms with Crippen molar-refractivity contribution in [2.45, 2.75) is 25.8 Å². The second-order valence-corrected chi connectivity index (χ2v) is 7.73. The molecule has 4 aromatic rings. The number of fused-ring (bicyclic) bond motifs is 1. The smallest absolute Gasteiger partial charge is 0.274 e. The molecule has 1 atom stereocenters. The summed E-state index contributed by atoms with van der Waals surface area (Å²) in [6.07, 6.45) is 6.34. The second-order valence-electron chi connectivity index (χ2n) is 7.73. The molecule has 5 rings (SSSR count). The van der Waals surface area contributed by atoms with E-state index in [4.69, 9.17) is 0 Å². The third kappa shape index (κ3) is 3.45. The zero-order chi connectivity index (χ0) is 22.2. The van der Waals surface area contributed by atoms with Crippen molar-refractivity contribution in [3.8, 4) is 0 Å². The van der Waals surface area contributed by atoms with Gasteiger partial charge in [-0.25, -0.2) is 18.3 Å². The van der Waals surface area contributed by atoms with Crippen molar-refractivity contribution in [3.05, 3.63) is 83.4 Å². The van der Waals surface area contributed by atoms with Crippen molar-refractivity contribution in [1.29, 1.82) is 0 Å². The molecule has 162 valence electrons. The van der Waals surface area contributed by atoms with Crippen LogP contribution in [0.2, 0.25) is 0 Å². The number of hydrogen-bond acceptors (Lipinski definition) is 5. The number of carbonyl (C=O) groups excluding carboxylic acids is 1. The summed E-state index contributed by atoms with van der Waals surface area (Å²) in [5, 5.41) is 7.07. The average Bonchev–Trinajstić information content (AvgIpc) is 3.43. The lowest BCUT2D eigenvalue weighted by atomic mass is 10.0. The van der Waals surface area contributed by atoms with Gasteiger partial charge in [-0.05, 0) is 43.5 Å². The molecule has 1 amide bonds. The fraction of sp³-hybridized carbons (Fsp3) is 0.217. The zero-order valence-corrected chi connectivity index (χ0v) is 17.3. The van der Waals surface area contributed by atoms with Crippen LogP contribution >= 0.6 is 0 Å². The van der Waals surface area contributed by atoms with E-state index in [0.29, 0.717) is 41.4 Å². The Morgan fingerprint density at radius 2 is 2.06 bits per heavy atom. The van der Waals surface area contributed by atoms with Gasteiger partial charge in [-0.15, -0.1) is 0 Å². The van der Waals surface area contributed by atoms with Crippen molar-refractivity contribution in [2.75, 3.05) is 16.8 Å². The van der Waals surface area contributed by atoms with Crippen molar-refractivity contribution in [3.63, 3.8) is 0 Å². The topological polar surface area (TPSA) is 75.4 Å². The van der Waals surface area contributed by atoms with E-state index in [1.54, 1.807) is 35.1 Å². The molecule has 1 aliphatic heterocycles. The number of hydrogen-bond donors (Lipinski definition) is 1. The van der Waals surface area contributed by atoms with E-state index in [2.05, 4.69) is 20.4 Å². The highest BCUT2D eigenvalue weighted by Gasteiger charge is 2.30. The fourth-order valence-corrected chi connectivity index (χ4v) is 4.15. The summed E-state index contributed by atoms with van der Waals surface area (Å²) in [6.45, 7) is 2.47.